The third-order valence-electron chi connectivity index (χ3n) is 2.75. The lowest BCUT2D eigenvalue weighted by Crippen LogP contribution is -2.22. The maximum Gasteiger partial charge on any atom is 0.186 e. The Balaban J connectivity index is 0.000000980. The highest BCUT2D eigenvalue weighted by Gasteiger charge is 2.12. The van der Waals surface area contributed by atoms with Crippen LogP contribution in [0.25, 0.3) is 0 Å². The average molecular weight is 215 g/mol. The molecule has 1 aliphatic heterocycles. The Morgan fingerprint density at radius 2 is 2.14 bits per heavy atom. The van der Waals surface area contributed by atoms with Gasteiger partial charge in [-0.15, -0.1) is 12.4 Å². The van der Waals surface area contributed by atoms with Crippen molar-refractivity contribution in [1.82, 2.24) is 4.57 Å². The van der Waals surface area contributed by atoms with Crippen LogP contribution in [0.3, 0.4) is 0 Å². The molecule has 0 bridgehead atoms. The Bertz CT molecular complexity index is 398. The van der Waals surface area contributed by atoms with Gasteiger partial charge in [-0.05, 0) is 26.2 Å². The molecule has 0 amide bonds. The van der Waals surface area contributed by atoms with Gasteiger partial charge in [-0.25, -0.2) is 0 Å². The number of nitrogens with zero attached hydrogens (tertiary/aromatic N) is 1. The number of hydrogen-bond donors (Lipinski definition) is 1. The second-order valence-electron chi connectivity index (χ2n) is 3.62. The van der Waals surface area contributed by atoms with Crippen molar-refractivity contribution in [3.8, 4) is 0 Å². The van der Waals surface area contributed by atoms with Crippen molar-refractivity contribution in [2.45, 2.75) is 32.7 Å². The Labute approximate surface area is 89.3 Å². The Hall–Kier alpha value is -0.960. The molecule has 2 N–H and O–H groups in total. The third kappa shape index (κ3) is 1.64. The van der Waals surface area contributed by atoms with E-state index in [1.807, 2.05) is 0 Å². The normalized spacial score (nSPS) is 14.4. The van der Waals surface area contributed by atoms with Gasteiger partial charge < -0.3 is 10.3 Å². The van der Waals surface area contributed by atoms with Crippen LogP contribution in [0.5, 0.6) is 0 Å². The van der Waals surface area contributed by atoms with Crippen LogP contribution < -0.4 is 11.2 Å². The molecule has 1 aliphatic rings. The predicted octanol–water partition coefficient (Wildman–Crippen LogP) is 1.50. The fraction of sp³-hybridized carbons (Fsp3) is 0.500. The molecule has 2 heterocycles. The highest BCUT2D eigenvalue weighted by molar-refractivity contribution is 5.85. The van der Waals surface area contributed by atoms with Crippen LogP contribution in [-0.4, -0.2) is 4.57 Å². The van der Waals surface area contributed by atoms with E-state index in [9.17, 15) is 4.79 Å². The van der Waals surface area contributed by atoms with Gasteiger partial charge in [0.2, 0.25) is 0 Å². The van der Waals surface area contributed by atoms with Crippen molar-refractivity contribution in [3.05, 3.63) is 27.5 Å². The molecule has 3 nitrogen and oxygen atoms in total. The van der Waals surface area contributed by atoms with E-state index in [1.54, 1.807) is 13.0 Å². The summed E-state index contributed by atoms with van der Waals surface area (Å²) < 4.78 is 2.07. The summed E-state index contributed by atoms with van der Waals surface area (Å²) in [5.41, 5.74) is 7.72. The summed E-state index contributed by atoms with van der Waals surface area (Å²) >= 11 is 0. The molecule has 4 heteroatoms. The lowest BCUT2D eigenvalue weighted by atomic mass is 10.1. The maximum atomic E-state index is 11.4. The van der Waals surface area contributed by atoms with Crippen LogP contribution in [0.4, 0.5) is 5.82 Å². The predicted molar refractivity (Wildman–Crippen MR) is 60.0 cm³/mol. The monoisotopic (exact) mass is 214 g/mol. The topological polar surface area (TPSA) is 48.0 Å². The first-order valence-corrected chi connectivity index (χ1v) is 4.69. The number of halogens is 1. The zero-order valence-electron chi connectivity index (χ0n) is 8.25. The largest absolute Gasteiger partial charge is 0.385 e. The molecule has 78 valence electrons. The number of nitrogen functional groups attached to an aromatic ring is 1. The van der Waals surface area contributed by atoms with Gasteiger partial charge in [-0.1, -0.05) is 0 Å². The summed E-state index contributed by atoms with van der Waals surface area (Å²) in [7, 11) is 0. The van der Waals surface area contributed by atoms with Crippen LogP contribution in [0.2, 0.25) is 0 Å². The van der Waals surface area contributed by atoms with E-state index >= 15 is 0 Å². The van der Waals surface area contributed by atoms with Gasteiger partial charge in [0.15, 0.2) is 5.43 Å². The Morgan fingerprint density at radius 3 is 2.86 bits per heavy atom. The first kappa shape index (κ1) is 11.1. The van der Waals surface area contributed by atoms with E-state index in [2.05, 4.69) is 4.57 Å². The van der Waals surface area contributed by atoms with Gasteiger partial charge in [-0.3, -0.25) is 4.79 Å². The standard InChI is InChI=1S/C10H14N2O.ClH/c1-7-9(13)6-8-4-2-3-5-12(8)10(7)11;/h6H,2-5,11H2,1H3;1H. The van der Waals surface area contributed by atoms with Crippen molar-refractivity contribution in [1.29, 1.82) is 0 Å². The maximum absolute atomic E-state index is 11.4. The summed E-state index contributed by atoms with van der Waals surface area (Å²) in [6, 6.07) is 1.73. The van der Waals surface area contributed by atoms with Gasteiger partial charge in [0, 0.05) is 23.9 Å². The zero-order chi connectivity index (χ0) is 9.42. The number of pyridine rings is 1. The fourth-order valence-corrected chi connectivity index (χ4v) is 1.87. The molecule has 0 radical (unpaired) electrons. The quantitative estimate of drug-likeness (QED) is 0.712. The van der Waals surface area contributed by atoms with Crippen molar-refractivity contribution < 1.29 is 0 Å². The van der Waals surface area contributed by atoms with E-state index in [1.165, 1.54) is 12.8 Å². The smallest absolute Gasteiger partial charge is 0.186 e. The van der Waals surface area contributed by atoms with Gasteiger partial charge in [0.05, 0.1) is 0 Å². The van der Waals surface area contributed by atoms with E-state index in [0.29, 0.717) is 11.4 Å². The van der Waals surface area contributed by atoms with Gasteiger partial charge in [-0.2, -0.15) is 0 Å². The average Bonchev–Trinajstić information content (AvgIpc) is 2.15. The van der Waals surface area contributed by atoms with Gasteiger partial charge >= 0.3 is 0 Å². The van der Waals surface area contributed by atoms with Crippen LogP contribution in [0.1, 0.15) is 24.1 Å². The molecule has 0 saturated carbocycles. The lowest BCUT2D eigenvalue weighted by Gasteiger charge is -2.21. The SMILES string of the molecule is Cc1c(N)n2c(cc1=O)CCCC2.Cl. The van der Waals surface area contributed by atoms with Crippen molar-refractivity contribution in [2.24, 2.45) is 0 Å². The van der Waals surface area contributed by atoms with E-state index in [4.69, 9.17) is 5.73 Å². The van der Waals surface area contributed by atoms with E-state index < -0.39 is 0 Å². The molecule has 0 saturated heterocycles. The Morgan fingerprint density at radius 1 is 1.43 bits per heavy atom. The highest BCUT2D eigenvalue weighted by atomic mass is 35.5. The van der Waals surface area contributed by atoms with Crippen LogP contribution in [0, 0.1) is 6.92 Å². The molecule has 14 heavy (non-hydrogen) atoms. The Kier molecular flexibility index (Phi) is 3.21. The number of aryl methyl sites for hydroxylation is 1. The first-order valence-electron chi connectivity index (χ1n) is 4.69. The molecule has 2 rings (SSSR count). The molecular weight excluding hydrogens is 200 g/mol. The number of hydrogen-bond acceptors (Lipinski definition) is 2. The molecule has 0 aromatic carbocycles. The van der Waals surface area contributed by atoms with E-state index in [-0.39, 0.29) is 17.8 Å². The van der Waals surface area contributed by atoms with Crippen molar-refractivity contribution in [2.75, 3.05) is 5.73 Å². The van der Waals surface area contributed by atoms with Crippen LogP contribution in [-0.2, 0) is 13.0 Å². The summed E-state index contributed by atoms with van der Waals surface area (Å²) in [5.74, 6) is 0.655. The summed E-state index contributed by atoms with van der Waals surface area (Å²) in [5, 5.41) is 0. The molecule has 0 unspecified atom stereocenters. The minimum Gasteiger partial charge on any atom is -0.385 e. The summed E-state index contributed by atoms with van der Waals surface area (Å²) in [6.07, 6.45) is 3.32. The van der Waals surface area contributed by atoms with Crippen molar-refractivity contribution >= 4 is 18.2 Å². The molecule has 0 atom stereocenters. The molecule has 1 aromatic heterocycles. The molecular formula is C10H15ClN2O. The number of anilines is 1. The lowest BCUT2D eigenvalue weighted by molar-refractivity contribution is 0.529. The second kappa shape index (κ2) is 4.05. The number of nitrogens with two attached hydrogens (primary N) is 1. The van der Waals surface area contributed by atoms with Crippen molar-refractivity contribution in [3.63, 3.8) is 0 Å². The van der Waals surface area contributed by atoms with Gasteiger partial charge in [0.1, 0.15) is 5.82 Å². The molecule has 0 spiro atoms. The van der Waals surface area contributed by atoms with E-state index in [0.717, 1.165) is 18.7 Å². The van der Waals surface area contributed by atoms with Crippen LogP contribution >= 0.6 is 12.4 Å². The number of aromatic nitrogens is 1. The second-order valence-corrected chi connectivity index (χ2v) is 3.62. The minimum atomic E-state index is 0. The highest BCUT2D eigenvalue weighted by Crippen LogP contribution is 2.18. The summed E-state index contributed by atoms with van der Waals surface area (Å²) in [4.78, 5) is 11.4. The molecule has 0 fully saturated rings. The summed E-state index contributed by atoms with van der Waals surface area (Å²) in [6.45, 7) is 2.75. The minimum absolute atomic E-state index is 0. The number of rotatable bonds is 0. The zero-order valence-corrected chi connectivity index (χ0v) is 9.06. The first-order chi connectivity index (χ1) is 6.20. The third-order valence-corrected chi connectivity index (χ3v) is 2.75. The molecule has 0 aliphatic carbocycles. The van der Waals surface area contributed by atoms with Gasteiger partial charge in [0.25, 0.3) is 0 Å². The molecule has 1 aromatic rings. The fourth-order valence-electron chi connectivity index (χ4n) is 1.87. The number of fused-ring (bicyclic) bond motifs is 1. The van der Waals surface area contributed by atoms with Crippen LogP contribution in [0.15, 0.2) is 10.9 Å².